The first-order chi connectivity index (χ1) is 9.42. The van der Waals surface area contributed by atoms with Gasteiger partial charge in [0.15, 0.2) is 0 Å². The van der Waals surface area contributed by atoms with Gasteiger partial charge in [-0.15, -0.1) is 11.6 Å². The molecule has 0 radical (unpaired) electrons. The van der Waals surface area contributed by atoms with E-state index in [1.165, 1.54) is 17.4 Å². The number of hydrogen-bond acceptors (Lipinski definition) is 5. The Labute approximate surface area is 129 Å². The van der Waals surface area contributed by atoms with Crippen LogP contribution in [0.1, 0.15) is 16.0 Å². The number of rotatable bonds is 4. The molecule has 1 aromatic heterocycles. The average molecular weight is 333 g/mol. The minimum Gasteiger partial charge on any atom is -0.431 e. The van der Waals surface area contributed by atoms with Crippen molar-refractivity contribution in [3.05, 3.63) is 43.4 Å². The Morgan fingerprint density at radius 2 is 2.10 bits per heavy atom. The molecule has 106 valence electrons. The van der Waals surface area contributed by atoms with E-state index in [1.54, 1.807) is 19.9 Å². The second-order valence-corrected chi connectivity index (χ2v) is 5.76. The first-order valence-electron chi connectivity index (χ1n) is 5.57. The fraction of sp³-hybridized carbons (Fsp3) is 0.250. The molecule has 0 bridgehead atoms. The van der Waals surface area contributed by atoms with Gasteiger partial charge in [-0.05, 0) is 25.5 Å². The second kappa shape index (κ2) is 5.95. The molecule has 5 nitrogen and oxygen atoms in total. The van der Waals surface area contributed by atoms with Gasteiger partial charge in [-0.1, -0.05) is 22.9 Å². The zero-order chi connectivity index (χ0) is 14.9. The lowest BCUT2D eigenvalue weighted by Crippen LogP contribution is -1.95. The molecule has 8 heteroatoms. The van der Waals surface area contributed by atoms with E-state index in [2.05, 4.69) is 4.98 Å². The van der Waals surface area contributed by atoms with E-state index in [1.807, 2.05) is 0 Å². The summed E-state index contributed by atoms with van der Waals surface area (Å²) in [6.07, 6.45) is 0. The summed E-state index contributed by atoms with van der Waals surface area (Å²) in [4.78, 5) is 15.2. The Hall–Kier alpha value is -1.37. The van der Waals surface area contributed by atoms with Crippen LogP contribution in [0.2, 0.25) is 5.15 Å². The molecule has 1 heterocycles. The van der Waals surface area contributed by atoms with E-state index in [0.717, 1.165) is 4.88 Å². The van der Waals surface area contributed by atoms with Crippen LogP contribution in [0.15, 0.2) is 12.1 Å². The van der Waals surface area contributed by atoms with E-state index < -0.39 is 4.92 Å². The van der Waals surface area contributed by atoms with Gasteiger partial charge in [0, 0.05) is 11.6 Å². The zero-order valence-electron chi connectivity index (χ0n) is 10.6. The summed E-state index contributed by atoms with van der Waals surface area (Å²) in [6.45, 7) is 3.39. The van der Waals surface area contributed by atoms with Gasteiger partial charge < -0.3 is 4.74 Å². The lowest BCUT2D eigenvalue weighted by molar-refractivity contribution is -0.385. The first kappa shape index (κ1) is 15.0. The van der Waals surface area contributed by atoms with E-state index in [9.17, 15) is 10.1 Å². The molecule has 0 saturated carbocycles. The molecule has 0 amide bonds. The van der Waals surface area contributed by atoms with E-state index in [0.29, 0.717) is 27.2 Å². The minimum absolute atomic E-state index is 0.0634. The van der Waals surface area contributed by atoms with E-state index in [-0.39, 0.29) is 11.6 Å². The van der Waals surface area contributed by atoms with Crippen molar-refractivity contribution in [3.8, 4) is 10.9 Å². The lowest BCUT2D eigenvalue weighted by Gasteiger charge is -2.07. The number of halogens is 2. The molecule has 0 aliphatic rings. The lowest BCUT2D eigenvalue weighted by atomic mass is 10.1. The van der Waals surface area contributed by atoms with Crippen molar-refractivity contribution in [2.24, 2.45) is 0 Å². The Kier molecular flexibility index (Phi) is 4.47. The third-order valence-corrected chi connectivity index (χ3v) is 4.42. The van der Waals surface area contributed by atoms with Crippen LogP contribution in [0.4, 0.5) is 5.69 Å². The fourth-order valence-electron chi connectivity index (χ4n) is 1.61. The van der Waals surface area contributed by atoms with Gasteiger partial charge in [-0.3, -0.25) is 10.1 Å². The van der Waals surface area contributed by atoms with Crippen molar-refractivity contribution in [2.75, 3.05) is 0 Å². The normalized spacial score (nSPS) is 10.6. The monoisotopic (exact) mass is 332 g/mol. The average Bonchev–Trinajstić information content (AvgIpc) is 2.73. The predicted octanol–water partition coefficient (Wildman–Crippen LogP) is 4.85. The summed E-state index contributed by atoms with van der Waals surface area (Å²) in [5.41, 5.74) is 1.24. The highest BCUT2D eigenvalue weighted by atomic mass is 35.5. The molecule has 0 N–H and O–H groups in total. The number of benzene rings is 1. The van der Waals surface area contributed by atoms with E-state index in [4.69, 9.17) is 27.9 Å². The molecule has 0 saturated heterocycles. The van der Waals surface area contributed by atoms with Crippen LogP contribution in [-0.2, 0) is 5.88 Å². The van der Waals surface area contributed by atoms with Gasteiger partial charge in [-0.2, -0.15) is 4.98 Å². The molecule has 0 aliphatic carbocycles. The highest BCUT2D eigenvalue weighted by molar-refractivity contribution is 7.14. The molecular formula is C12H10Cl2N2O3S. The second-order valence-electron chi connectivity index (χ2n) is 4.09. The molecule has 2 rings (SSSR count). The van der Waals surface area contributed by atoms with Crippen LogP contribution in [0.25, 0.3) is 0 Å². The van der Waals surface area contributed by atoms with Crippen LogP contribution in [-0.4, -0.2) is 9.91 Å². The Bertz CT molecular complexity index is 673. The maximum Gasteiger partial charge on any atom is 0.280 e. The number of thiazole rings is 1. The Morgan fingerprint density at radius 3 is 2.65 bits per heavy atom. The zero-order valence-corrected chi connectivity index (χ0v) is 13.0. The summed E-state index contributed by atoms with van der Waals surface area (Å²) in [5.74, 6) is 0.776. The number of aryl methyl sites for hydroxylation is 2. The van der Waals surface area contributed by atoms with Crippen LogP contribution in [0.5, 0.6) is 10.9 Å². The molecule has 0 unspecified atom stereocenters. The minimum atomic E-state index is -0.419. The summed E-state index contributed by atoms with van der Waals surface area (Å²) >= 11 is 12.9. The van der Waals surface area contributed by atoms with Crippen molar-refractivity contribution < 1.29 is 9.66 Å². The van der Waals surface area contributed by atoms with Gasteiger partial charge in [-0.25, -0.2) is 0 Å². The maximum absolute atomic E-state index is 10.9. The van der Waals surface area contributed by atoms with Crippen molar-refractivity contribution >= 4 is 40.2 Å². The molecule has 20 heavy (non-hydrogen) atoms. The third-order valence-electron chi connectivity index (χ3n) is 2.64. The standard InChI is InChI=1S/C12H10Cl2N2O3S/c1-6-4-9(7(2)3-8(6)16(17)18)19-12-15-11(14)10(5-13)20-12/h3-4H,5H2,1-2H3. The molecule has 0 spiro atoms. The number of nitrogens with zero attached hydrogens (tertiary/aromatic N) is 2. The molecule has 0 aliphatic heterocycles. The summed E-state index contributed by atoms with van der Waals surface area (Å²) < 4.78 is 5.63. The van der Waals surface area contributed by atoms with Crippen LogP contribution in [0.3, 0.4) is 0 Å². The van der Waals surface area contributed by atoms with Gasteiger partial charge in [0.2, 0.25) is 0 Å². The Balaban J connectivity index is 2.33. The number of hydrogen-bond donors (Lipinski definition) is 0. The number of alkyl halides is 1. The van der Waals surface area contributed by atoms with Gasteiger partial charge in [0.1, 0.15) is 10.9 Å². The number of ether oxygens (including phenoxy) is 1. The van der Waals surface area contributed by atoms with Crippen molar-refractivity contribution in [3.63, 3.8) is 0 Å². The van der Waals surface area contributed by atoms with E-state index >= 15 is 0 Å². The maximum atomic E-state index is 10.9. The van der Waals surface area contributed by atoms with Crippen LogP contribution in [0, 0.1) is 24.0 Å². The largest absolute Gasteiger partial charge is 0.431 e. The summed E-state index contributed by atoms with van der Waals surface area (Å²) in [7, 11) is 0. The van der Waals surface area contributed by atoms with Crippen LogP contribution >= 0.6 is 34.5 Å². The quantitative estimate of drug-likeness (QED) is 0.456. The van der Waals surface area contributed by atoms with Crippen LogP contribution < -0.4 is 4.74 Å². The topological polar surface area (TPSA) is 65.3 Å². The number of aromatic nitrogens is 1. The molecule has 2 aromatic rings. The van der Waals surface area contributed by atoms with Crippen molar-refractivity contribution in [2.45, 2.75) is 19.7 Å². The number of nitro groups is 1. The van der Waals surface area contributed by atoms with Gasteiger partial charge in [0.05, 0.1) is 15.7 Å². The molecule has 0 fully saturated rings. The van der Waals surface area contributed by atoms with Gasteiger partial charge >= 0.3 is 0 Å². The molecule has 1 aromatic carbocycles. The molecular weight excluding hydrogens is 323 g/mol. The smallest absolute Gasteiger partial charge is 0.280 e. The van der Waals surface area contributed by atoms with Crippen molar-refractivity contribution in [1.29, 1.82) is 0 Å². The number of nitro benzene ring substituents is 1. The highest BCUT2D eigenvalue weighted by Gasteiger charge is 2.16. The SMILES string of the molecule is Cc1cc([N+](=O)[O-])c(C)cc1Oc1nc(Cl)c(CCl)s1. The summed E-state index contributed by atoms with van der Waals surface area (Å²) in [5, 5.41) is 11.5. The highest BCUT2D eigenvalue weighted by Crippen LogP contribution is 2.36. The first-order valence-corrected chi connectivity index (χ1v) is 7.30. The van der Waals surface area contributed by atoms with Gasteiger partial charge in [0.25, 0.3) is 10.9 Å². The summed E-state index contributed by atoms with van der Waals surface area (Å²) in [6, 6.07) is 3.09. The fourth-order valence-corrected chi connectivity index (χ4v) is 2.95. The third kappa shape index (κ3) is 3.03. The predicted molar refractivity (Wildman–Crippen MR) is 79.3 cm³/mol. The van der Waals surface area contributed by atoms with Crippen molar-refractivity contribution in [1.82, 2.24) is 4.98 Å². The Morgan fingerprint density at radius 1 is 1.40 bits per heavy atom. The molecule has 0 atom stereocenters.